The quantitative estimate of drug-likeness (QED) is 0.279. The predicted octanol–water partition coefficient (Wildman–Crippen LogP) is 6.01. The van der Waals surface area contributed by atoms with Gasteiger partial charge in [-0.25, -0.2) is 4.39 Å². The second kappa shape index (κ2) is 13.8. The molecular weight excluding hydrogens is 505 g/mol. The van der Waals surface area contributed by atoms with Crippen LogP contribution in [0.4, 0.5) is 4.39 Å². The molecule has 1 heterocycles. The number of carbonyl (C=O) groups is 3. The molecule has 6 nitrogen and oxygen atoms in total. The molecule has 0 aromatic heterocycles. The van der Waals surface area contributed by atoms with E-state index in [1.54, 1.807) is 11.8 Å². The van der Waals surface area contributed by atoms with Crippen LogP contribution in [0.25, 0.3) is 0 Å². The molecule has 0 amide bonds. The lowest BCUT2D eigenvalue weighted by Crippen LogP contribution is -2.16. The number of ketones is 1. The van der Waals surface area contributed by atoms with Gasteiger partial charge in [-0.3, -0.25) is 14.4 Å². The van der Waals surface area contributed by atoms with E-state index < -0.39 is 11.9 Å². The Hall–Kier alpha value is -2.42. The lowest BCUT2D eigenvalue weighted by Gasteiger charge is -2.17. The van der Waals surface area contributed by atoms with Gasteiger partial charge in [-0.15, -0.1) is 11.8 Å². The molecular formula is C27H33ClFNO5S. The lowest BCUT2D eigenvalue weighted by atomic mass is 9.88. The Kier molecular flexibility index (Phi) is 11.4. The van der Waals surface area contributed by atoms with Gasteiger partial charge in [0.05, 0.1) is 17.9 Å². The number of rotatable bonds is 8. The summed E-state index contributed by atoms with van der Waals surface area (Å²) in [5, 5.41) is 19.6. The predicted molar refractivity (Wildman–Crippen MR) is 141 cm³/mol. The van der Waals surface area contributed by atoms with Crippen molar-refractivity contribution in [2.75, 3.05) is 13.1 Å². The van der Waals surface area contributed by atoms with Gasteiger partial charge < -0.3 is 15.5 Å². The molecule has 196 valence electrons. The summed E-state index contributed by atoms with van der Waals surface area (Å²) in [5.41, 5.74) is 3.69. The van der Waals surface area contributed by atoms with Crippen molar-refractivity contribution in [2.45, 2.75) is 63.5 Å². The first-order chi connectivity index (χ1) is 16.9. The second-order valence-electron chi connectivity index (χ2n) is 9.81. The van der Waals surface area contributed by atoms with Crippen LogP contribution in [0.1, 0.15) is 67.1 Å². The van der Waals surface area contributed by atoms with Crippen molar-refractivity contribution in [3.63, 3.8) is 0 Å². The summed E-state index contributed by atoms with van der Waals surface area (Å²) in [6.07, 6.45) is 1.42. The zero-order valence-corrected chi connectivity index (χ0v) is 22.4. The number of Topliss-reactive ketones (excluding diaryl/α,β-unsaturated/α-hetero) is 1. The fraction of sp³-hybridized carbons (Fsp3) is 0.444. The number of thioether (sulfide) groups is 1. The standard InChI is InChI=1S/C23H27ClFNOS.C4H6O4/c1-23(2,3)13-21(27)16-6-4-15(5-7-16)14-28-22-18-9-11-26-10-8-17(18)20(25)12-19(22)24;5-3(6)1-2-4(7)8/h4-7,12,26H,8-11,13-14H2,1-3H3;1-2H2,(H,5,6)(H,7,8). The van der Waals surface area contributed by atoms with Crippen LogP contribution < -0.4 is 5.32 Å². The van der Waals surface area contributed by atoms with Crippen LogP contribution in [0, 0.1) is 11.2 Å². The van der Waals surface area contributed by atoms with E-state index in [1.165, 1.54) is 6.07 Å². The number of hydrogen-bond acceptors (Lipinski definition) is 5. The summed E-state index contributed by atoms with van der Waals surface area (Å²) in [6.45, 7) is 7.84. The smallest absolute Gasteiger partial charge is 0.303 e. The molecule has 0 bridgehead atoms. The van der Waals surface area contributed by atoms with Gasteiger partial charge in [-0.05, 0) is 54.1 Å². The molecule has 0 radical (unpaired) electrons. The minimum atomic E-state index is -1.08. The number of fused-ring (bicyclic) bond motifs is 1. The van der Waals surface area contributed by atoms with Crippen LogP contribution in [0.15, 0.2) is 35.2 Å². The van der Waals surface area contributed by atoms with Crippen molar-refractivity contribution < 1.29 is 29.0 Å². The van der Waals surface area contributed by atoms with Gasteiger partial charge in [-0.2, -0.15) is 0 Å². The third-order valence-electron chi connectivity index (χ3n) is 5.40. The van der Waals surface area contributed by atoms with Crippen molar-refractivity contribution in [3.8, 4) is 0 Å². The molecule has 9 heteroatoms. The van der Waals surface area contributed by atoms with Gasteiger partial charge in [0.1, 0.15) is 5.82 Å². The first-order valence-corrected chi connectivity index (χ1v) is 13.1. The summed E-state index contributed by atoms with van der Waals surface area (Å²) in [5.74, 6) is -1.44. The summed E-state index contributed by atoms with van der Waals surface area (Å²) < 4.78 is 14.3. The Labute approximate surface area is 220 Å². The first-order valence-electron chi connectivity index (χ1n) is 11.8. The van der Waals surface area contributed by atoms with Crippen LogP contribution >= 0.6 is 23.4 Å². The monoisotopic (exact) mass is 537 g/mol. The maximum Gasteiger partial charge on any atom is 0.303 e. The van der Waals surface area contributed by atoms with Crippen molar-refractivity contribution in [1.29, 1.82) is 0 Å². The Bertz CT molecular complexity index is 1070. The van der Waals surface area contributed by atoms with Crippen molar-refractivity contribution in [1.82, 2.24) is 5.32 Å². The van der Waals surface area contributed by atoms with Gasteiger partial charge in [0.15, 0.2) is 5.78 Å². The number of benzene rings is 2. The molecule has 0 unspecified atom stereocenters. The molecule has 36 heavy (non-hydrogen) atoms. The molecule has 0 saturated heterocycles. The highest BCUT2D eigenvalue weighted by molar-refractivity contribution is 7.98. The number of carbonyl (C=O) groups excluding carboxylic acids is 1. The highest BCUT2D eigenvalue weighted by Gasteiger charge is 2.20. The van der Waals surface area contributed by atoms with E-state index in [-0.39, 0.29) is 29.9 Å². The molecule has 1 aliphatic rings. The normalized spacial score (nSPS) is 13.1. The van der Waals surface area contributed by atoms with Gasteiger partial charge in [0.2, 0.25) is 0 Å². The number of nitrogens with one attached hydrogen (secondary N) is 1. The highest BCUT2D eigenvalue weighted by Crippen LogP contribution is 2.37. The van der Waals surface area contributed by atoms with E-state index in [2.05, 4.69) is 26.1 Å². The van der Waals surface area contributed by atoms with Crippen LogP contribution in [-0.4, -0.2) is 41.0 Å². The van der Waals surface area contributed by atoms with Crippen LogP contribution in [0.3, 0.4) is 0 Å². The third kappa shape index (κ3) is 9.91. The summed E-state index contributed by atoms with van der Waals surface area (Å²) in [7, 11) is 0. The topological polar surface area (TPSA) is 104 Å². The van der Waals surface area contributed by atoms with E-state index in [9.17, 15) is 18.8 Å². The lowest BCUT2D eigenvalue weighted by molar-refractivity contribution is -0.143. The third-order valence-corrected chi connectivity index (χ3v) is 7.05. The summed E-state index contributed by atoms with van der Waals surface area (Å²) in [6, 6.07) is 9.25. The van der Waals surface area contributed by atoms with Gasteiger partial charge in [-0.1, -0.05) is 56.6 Å². The first kappa shape index (κ1) is 29.8. The maximum atomic E-state index is 14.3. The average Bonchev–Trinajstić information content (AvgIpc) is 3.04. The zero-order valence-electron chi connectivity index (χ0n) is 20.8. The molecule has 0 aliphatic carbocycles. The molecule has 1 aliphatic heterocycles. The minimum Gasteiger partial charge on any atom is -0.481 e. The Balaban J connectivity index is 0.000000493. The highest BCUT2D eigenvalue weighted by atomic mass is 35.5. The van der Waals surface area contributed by atoms with Crippen LogP contribution in [0.5, 0.6) is 0 Å². The van der Waals surface area contributed by atoms with Crippen molar-refractivity contribution in [2.24, 2.45) is 5.41 Å². The zero-order chi connectivity index (χ0) is 26.9. The SMILES string of the molecule is CC(C)(C)CC(=O)c1ccc(CSc2c(Cl)cc(F)c3c2CCNCC3)cc1.O=C(O)CCC(=O)O. The number of carboxylic acid groups (broad SMARTS) is 2. The number of halogens is 2. The van der Waals surface area contributed by atoms with E-state index in [0.29, 0.717) is 17.9 Å². The van der Waals surface area contributed by atoms with Gasteiger partial charge in [0.25, 0.3) is 0 Å². The summed E-state index contributed by atoms with van der Waals surface area (Å²) >= 11 is 8.03. The van der Waals surface area contributed by atoms with E-state index in [0.717, 1.165) is 52.4 Å². The maximum absolute atomic E-state index is 14.3. The van der Waals surface area contributed by atoms with Crippen LogP contribution in [-0.2, 0) is 28.2 Å². The molecule has 2 aromatic carbocycles. The van der Waals surface area contributed by atoms with E-state index in [4.69, 9.17) is 21.8 Å². The Morgan fingerprint density at radius 1 is 1.00 bits per heavy atom. The van der Waals surface area contributed by atoms with E-state index >= 15 is 0 Å². The fourth-order valence-corrected chi connectivity index (χ4v) is 5.15. The largest absolute Gasteiger partial charge is 0.481 e. The summed E-state index contributed by atoms with van der Waals surface area (Å²) in [4.78, 5) is 32.6. The molecule has 0 saturated carbocycles. The molecule has 0 spiro atoms. The molecule has 3 rings (SSSR count). The second-order valence-corrected chi connectivity index (χ2v) is 11.2. The van der Waals surface area contributed by atoms with Crippen LogP contribution in [0.2, 0.25) is 5.02 Å². The Morgan fingerprint density at radius 3 is 2.08 bits per heavy atom. The van der Waals surface area contributed by atoms with Gasteiger partial charge >= 0.3 is 11.9 Å². The van der Waals surface area contributed by atoms with Crippen molar-refractivity contribution >= 4 is 41.1 Å². The van der Waals surface area contributed by atoms with E-state index in [1.807, 2.05) is 24.3 Å². The van der Waals surface area contributed by atoms with Crippen molar-refractivity contribution in [3.05, 3.63) is 63.4 Å². The number of carboxylic acids is 2. The molecule has 2 aromatic rings. The Morgan fingerprint density at radius 2 is 1.56 bits per heavy atom. The number of hydrogen-bond donors (Lipinski definition) is 3. The average molecular weight is 538 g/mol. The molecule has 3 N–H and O–H groups in total. The van der Waals surface area contributed by atoms with Gasteiger partial charge in [0, 0.05) is 22.6 Å². The minimum absolute atomic E-state index is 0.0163. The number of aliphatic carboxylic acids is 2. The molecule has 0 atom stereocenters. The fourth-order valence-electron chi connectivity index (χ4n) is 3.67. The molecule has 0 fully saturated rings.